The van der Waals surface area contributed by atoms with Crippen LogP contribution in [0.3, 0.4) is 0 Å². The highest BCUT2D eigenvalue weighted by atomic mass is 32.2. The minimum atomic E-state index is -3.84. The number of nitrogens with two attached hydrogens (primary N) is 2. The lowest BCUT2D eigenvalue weighted by molar-refractivity contribution is -0.124. The Hall–Kier alpha value is -1.64. The predicted octanol–water partition coefficient (Wildman–Crippen LogP) is 0.616. The fraction of sp³-hybridized carbons (Fsp3) is 0.417. The van der Waals surface area contributed by atoms with Crippen molar-refractivity contribution in [3.05, 3.63) is 24.3 Å². The Morgan fingerprint density at radius 3 is 2.45 bits per heavy atom. The summed E-state index contributed by atoms with van der Waals surface area (Å²) in [5.74, 6) is -0.213. The fourth-order valence-corrected chi connectivity index (χ4v) is 1.96. The molecule has 0 saturated carbocycles. The summed E-state index contributed by atoms with van der Waals surface area (Å²) in [6.07, 6.45) is 0.602. The van der Waals surface area contributed by atoms with Crippen LogP contribution in [0.2, 0.25) is 0 Å². The number of carbonyl (C=O) groups excluding carboxylic acids is 1. The zero-order chi connectivity index (χ0) is 15.4. The maximum absolute atomic E-state index is 12.1. The third kappa shape index (κ3) is 4.48. The Labute approximate surface area is 118 Å². The molecule has 0 bridgehead atoms. The first-order chi connectivity index (χ1) is 9.20. The molecule has 1 rings (SSSR count). The second kappa shape index (κ2) is 6.21. The van der Waals surface area contributed by atoms with Gasteiger partial charge in [0, 0.05) is 12.2 Å². The van der Waals surface area contributed by atoms with Gasteiger partial charge < -0.3 is 11.1 Å². The van der Waals surface area contributed by atoms with Gasteiger partial charge in [0.2, 0.25) is 5.91 Å². The van der Waals surface area contributed by atoms with Gasteiger partial charge in [-0.25, -0.2) is 5.14 Å². The third-order valence-corrected chi connectivity index (χ3v) is 3.68. The summed E-state index contributed by atoms with van der Waals surface area (Å²) in [6.45, 7) is 3.88. The average molecular weight is 300 g/mol. The number of anilines is 2. The minimum absolute atomic E-state index is 0.213. The first-order valence-corrected chi connectivity index (χ1v) is 7.67. The first kappa shape index (κ1) is 16.4. The highest BCUT2D eigenvalue weighted by Gasteiger charge is 2.29. The van der Waals surface area contributed by atoms with Crippen molar-refractivity contribution in [1.82, 2.24) is 0 Å². The van der Waals surface area contributed by atoms with Gasteiger partial charge in [-0.05, 0) is 31.5 Å². The molecule has 0 heterocycles. The third-order valence-electron chi connectivity index (χ3n) is 3.16. The summed E-state index contributed by atoms with van der Waals surface area (Å²) >= 11 is 0. The van der Waals surface area contributed by atoms with Gasteiger partial charge >= 0.3 is 0 Å². The Kier molecular flexibility index (Phi) is 5.09. The van der Waals surface area contributed by atoms with Crippen molar-refractivity contribution in [3.63, 3.8) is 0 Å². The van der Waals surface area contributed by atoms with Crippen molar-refractivity contribution in [2.75, 3.05) is 16.6 Å². The smallest absolute Gasteiger partial charge is 0.296 e. The summed E-state index contributed by atoms with van der Waals surface area (Å²) in [6, 6.07) is 6.27. The van der Waals surface area contributed by atoms with Crippen molar-refractivity contribution in [3.8, 4) is 0 Å². The lowest BCUT2D eigenvalue weighted by Crippen LogP contribution is -2.39. The van der Waals surface area contributed by atoms with Gasteiger partial charge in [0.05, 0.1) is 11.1 Å². The molecule has 112 valence electrons. The second-order valence-corrected chi connectivity index (χ2v) is 6.09. The van der Waals surface area contributed by atoms with E-state index < -0.39 is 15.6 Å². The molecule has 1 aromatic carbocycles. The highest BCUT2D eigenvalue weighted by molar-refractivity contribution is 7.90. The molecule has 0 spiro atoms. The summed E-state index contributed by atoms with van der Waals surface area (Å²) in [4.78, 5) is 12.1. The van der Waals surface area contributed by atoms with Gasteiger partial charge in [-0.3, -0.25) is 9.52 Å². The van der Waals surface area contributed by atoms with Crippen LogP contribution in [-0.4, -0.2) is 20.9 Å². The normalized spacial score (nSPS) is 14.4. The number of nitrogens with one attached hydrogen (secondary N) is 2. The largest absolute Gasteiger partial charge is 0.329 e. The highest BCUT2D eigenvalue weighted by Crippen LogP contribution is 2.23. The van der Waals surface area contributed by atoms with E-state index in [1.165, 1.54) is 12.1 Å². The molecule has 6 N–H and O–H groups in total. The van der Waals surface area contributed by atoms with E-state index in [1.807, 2.05) is 6.92 Å². The number of hydrogen-bond donors (Lipinski definition) is 4. The Bertz CT molecular complexity index is 582. The van der Waals surface area contributed by atoms with E-state index >= 15 is 0 Å². The molecular formula is C12H20N4O3S. The standard InChI is InChI=1S/C12H20N4O3S/c1-3-12(2,8-13)11(17)15-9-5-4-6-10(7-9)16-20(14,18)19/h4-7,16H,3,8,13H2,1-2H3,(H,15,17)(H2,14,18,19). The molecule has 1 aromatic rings. The first-order valence-electron chi connectivity index (χ1n) is 6.12. The zero-order valence-corrected chi connectivity index (χ0v) is 12.3. The van der Waals surface area contributed by atoms with Crippen LogP contribution in [0.25, 0.3) is 0 Å². The molecule has 0 aromatic heterocycles. The summed E-state index contributed by atoms with van der Waals surface area (Å²) in [7, 11) is -3.84. The van der Waals surface area contributed by atoms with E-state index in [0.29, 0.717) is 12.1 Å². The second-order valence-electron chi connectivity index (χ2n) is 4.80. The predicted molar refractivity (Wildman–Crippen MR) is 79.3 cm³/mol. The van der Waals surface area contributed by atoms with Crippen LogP contribution in [0.15, 0.2) is 24.3 Å². The maximum atomic E-state index is 12.1. The van der Waals surface area contributed by atoms with E-state index in [2.05, 4.69) is 10.0 Å². The SMILES string of the molecule is CCC(C)(CN)C(=O)Nc1cccc(NS(N)(=O)=O)c1. The van der Waals surface area contributed by atoms with Gasteiger partial charge in [0.25, 0.3) is 10.2 Å². The molecule has 0 aliphatic heterocycles. The molecule has 1 amide bonds. The Balaban J connectivity index is 2.89. The number of carbonyl (C=O) groups is 1. The van der Waals surface area contributed by atoms with Gasteiger partial charge in [0.15, 0.2) is 0 Å². The number of hydrogen-bond acceptors (Lipinski definition) is 4. The zero-order valence-electron chi connectivity index (χ0n) is 11.5. The van der Waals surface area contributed by atoms with Crippen LogP contribution < -0.4 is 20.9 Å². The van der Waals surface area contributed by atoms with Crippen LogP contribution >= 0.6 is 0 Å². The molecule has 0 radical (unpaired) electrons. The van der Waals surface area contributed by atoms with Crippen LogP contribution in [0.1, 0.15) is 20.3 Å². The van der Waals surface area contributed by atoms with Gasteiger partial charge in [-0.2, -0.15) is 8.42 Å². The van der Waals surface area contributed by atoms with Crippen LogP contribution in [-0.2, 0) is 15.0 Å². The van der Waals surface area contributed by atoms with Crippen molar-refractivity contribution >= 4 is 27.5 Å². The monoisotopic (exact) mass is 300 g/mol. The summed E-state index contributed by atoms with van der Waals surface area (Å²) in [5, 5.41) is 7.60. The Morgan fingerprint density at radius 1 is 1.35 bits per heavy atom. The van der Waals surface area contributed by atoms with E-state index in [4.69, 9.17) is 10.9 Å². The van der Waals surface area contributed by atoms with E-state index in [0.717, 1.165) is 0 Å². The average Bonchev–Trinajstić information content (AvgIpc) is 2.36. The molecule has 8 heteroatoms. The molecule has 7 nitrogen and oxygen atoms in total. The number of rotatable bonds is 6. The van der Waals surface area contributed by atoms with Gasteiger partial charge in [-0.1, -0.05) is 13.0 Å². The maximum Gasteiger partial charge on any atom is 0.296 e. The number of amides is 1. The lowest BCUT2D eigenvalue weighted by Gasteiger charge is -2.25. The molecule has 0 fully saturated rings. The van der Waals surface area contributed by atoms with Crippen molar-refractivity contribution in [1.29, 1.82) is 0 Å². The van der Waals surface area contributed by atoms with Crippen LogP contribution in [0.5, 0.6) is 0 Å². The number of benzene rings is 1. The van der Waals surface area contributed by atoms with Crippen molar-refractivity contribution in [2.45, 2.75) is 20.3 Å². The van der Waals surface area contributed by atoms with Gasteiger partial charge in [-0.15, -0.1) is 0 Å². The van der Waals surface area contributed by atoms with Crippen LogP contribution in [0.4, 0.5) is 11.4 Å². The van der Waals surface area contributed by atoms with Crippen LogP contribution in [0, 0.1) is 5.41 Å². The topological polar surface area (TPSA) is 127 Å². The Morgan fingerprint density at radius 2 is 1.95 bits per heavy atom. The molecule has 1 unspecified atom stereocenters. The summed E-state index contributed by atoms with van der Waals surface area (Å²) in [5.41, 5.74) is 5.70. The quantitative estimate of drug-likeness (QED) is 0.614. The molecule has 1 atom stereocenters. The van der Waals surface area contributed by atoms with E-state index in [9.17, 15) is 13.2 Å². The summed E-state index contributed by atoms with van der Waals surface area (Å²) < 4.78 is 24.0. The van der Waals surface area contributed by atoms with E-state index in [-0.39, 0.29) is 18.1 Å². The lowest BCUT2D eigenvalue weighted by atomic mass is 9.86. The fourth-order valence-electron chi connectivity index (χ4n) is 1.50. The molecule has 0 saturated heterocycles. The van der Waals surface area contributed by atoms with Gasteiger partial charge in [0.1, 0.15) is 0 Å². The minimum Gasteiger partial charge on any atom is -0.329 e. The molecular weight excluding hydrogens is 280 g/mol. The molecule has 20 heavy (non-hydrogen) atoms. The molecule has 0 aliphatic carbocycles. The van der Waals surface area contributed by atoms with Crippen molar-refractivity contribution in [2.24, 2.45) is 16.3 Å². The van der Waals surface area contributed by atoms with Crippen molar-refractivity contribution < 1.29 is 13.2 Å². The molecule has 0 aliphatic rings. The van der Waals surface area contributed by atoms with E-state index in [1.54, 1.807) is 19.1 Å².